The van der Waals surface area contributed by atoms with Crippen molar-refractivity contribution in [3.63, 3.8) is 0 Å². The third-order valence-corrected chi connectivity index (χ3v) is 3.71. The van der Waals surface area contributed by atoms with Gasteiger partial charge in [-0.25, -0.2) is 5.43 Å². The molecule has 1 aliphatic heterocycles. The number of hydrogen-bond acceptors (Lipinski definition) is 6. The maximum atomic E-state index is 11.7. The van der Waals surface area contributed by atoms with Crippen LogP contribution in [0.3, 0.4) is 0 Å². The summed E-state index contributed by atoms with van der Waals surface area (Å²) in [5, 5.41) is 3.95. The molecule has 1 fully saturated rings. The van der Waals surface area contributed by atoms with E-state index in [-0.39, 0.29) is 5.76 Å². The fraction of sp³-hybridized carbons (Fsp3) is 0.294. The zero-order valence-corrected chi connectivity index (χ0v) is 13.4. The minimum absolute atomic E-state index is 0.210. The predicted molar refractivity (Wildman–Crippen MR) is 89.8 cm³/mol. The standard InChI is InChI=1S/C17H19N3O4/c1-22-16-11-14(20-6-9-23-10-7-20)5-4-13(16)12-18-19-17(21)15-3-2-8-24-15/h2-5,8,11-12H,6-7,9-10H2,1H3,(H,19,21)/b18-12+. The molecular formula is C17H19N3O4. The van der Waals surface area contributed by atoms with Gasteiger partial charge in [-0.1, -0.05) is 0 Å². The van der Waals surface area contributed by atoms with E-state index in [2.05, 4.69) is 15.4 Å². The lowest BCUT2D eigenvalue weighted by Crippen LogP contribution is -2.36. The molecule has 1 aromatic heterocycles. The molecule has 7 nitrogen and oxygen atoms in total. The SMILES string of the molecule is COc1cc(N2CCOCC2)ccc1/C=N/NC(=O)c1ccco1. The highest BCUT2D eigenvalue weighted by Gasteiger charge is 2.13. The molecule has 126 valence electrons. The molecule has 1 aromatic carbocycles. The first kappa shape index (κ1) is 16.1. The van der Waals surface area contributed by atoms with Gasteiger partial charge in [0.25, 0.3) is 0 Å². The highest BCUT2D eigenvalue weighted by atomic mass is 16.5. The molecule has 0 spiro atoms. The summed E-state index contributed by atoms with van der Waals surface area (Å²) in [5.41, 5.74) is 4.27. The highest BCUT2D eigenvalue weighted by molar-refractivity contribution is 5.92. The first-order valence-corrected chi connectivity index (χ1v) is 7.65. The number of amides is 1. The first-order valence-electron chi connectivity index (χ1n) is 7.65. The number of methoxy groups -OCH3 is 1. The second kappa shape index (κ2) is 7.65. The van der Waals surface area contributed by atoms with Crippen molar-refractivity contribution in [3.8, 4) is 5.75 Å². The Morgan fingerprint density at radius 2 is 2.17 bits per heavy atom. The van der Waals surface area contributed by atoms with Crippen molar-refractivity contribution in [1.82, 2.24) is 5.43 Å². The van der Waals surface area contributed by atoms with Gasteiger partial charge in [0.05, 0.1) is 32.8 Å². The van der Waals surface area contributed by atoms with Crippen molar-refractivity contribution in [1.29, 1.82) is 0 Å². The Labute approximate surface area is 139 Å². The molecule has 0 atom stereocenters. The van der Waals surface area contributed by atoms with Crippen LogP contribution in [0.2, 0.25) is 0 Å². The van der Waals surface area contributed by atoms with E-state index in [4.69, 9.17) is 13.9 Å². The Morgan fingerprint density at radius 3 is 2.88 bits per heavy atom. The Bertz CT molecular complexity index is 707. The molecule has 1 aliphatic rings. The van der Waals surface area contributed by atoms with Crippen LogP contribution in [-0.4, -0.2) is 45.5 Å². The van der Waals surface area contributed by atoms with Crippen LogP contribution in [0, 0.1) is 0 Å². The van der Waals surface area contributed by atoms with Gasteiger partial charge >= 0.3 is 5.91 Å². The van der Waals surface area contributed by atoms with Crippen LogP contribution in [-0.2, 0) is 4.74 Å². The van der Waals surface area contributed by atoms with Crippen LogP contribution in [0.4, 0.5) is 5.69 Å². The number of hydrogen-bond donors (Lipinski definition) is 1. The number of carbonyl (C=O) groups is 1. The Morgan fingerprint density at radius 1 is 1.33 bits per heavy atom. The third kappa shape index (κ3) is 3.75. The first-order chi connectivity index (χ1) is 11.8. The van der Waals surface area contributed by atoms with Crippen LogP contribution in [0.5, 0.6) is 5.75 Å². The van der Waals surface area contributed by atoms with Crippen molar-refractivity contribution < 1.29 is 18.7 Å². The molecule has 2 aromatic rings. The molecule has 0 unspecified atom stereocenters. The van der Waals surface area contributed by atoms with Crippen LogP contribution < -0.4 is 15.1 Å². The summed E-state index contributed by atoms with van der Waals surface area (Å²) in [6, 6.07) is 9.09. The Hall–Kier alpha value is -2.80. The van der Waals surface area contributed by atoms with Crippen molar-refractivity contribution in [2.75, 3.05) is 38.3 Å². The van der Waals surface area contributed by atoms with Gasteiger partial charge < -0.3 is 18.8 Å². The zero-order valence-electron chi connectivity index (χ0n) is 13.4. The van der Waals surface area contributed by atoms with E-state index in [1.807, 2.05) is 18.2 Å². The Balaban J connectivity index is 1.68. The Kier molecular flexibility index (Phi) is 5.12. The summed E-state index contributed by atoms with van der Waals surface area (Å²) in [6.07, 6.45) is 2.98. The zero-order chi connectivity index (χ0) is 16.8. The van der Waals surface area contributed by atoms with Crippen LogP contribution in [0.25, 0.3) is 0 Å². The molecule has 24 heavy (non-hydrogen) atoms. The van der Waals surface area contributed by atoms with Crippen LogP contribution in [0.15, 0.2) is 46.1 Å². The average molecular weight is 329 g/mol. The van der Waals surface area contributed by atoms with Crippen molar-refractivity contribution >= 4 is 17.8 Å². The summed E-state index contributed by atoms with van der Waals surface area (Å²) in [6.45, 7) is 3.17. The van der Waals surface area contributed by atoms with Crippen LogP contribution >= 0.6 is 0 Å². The van der Waals surface area contributed by atoms with E-state index >= 15 is 0 Å². The summed E-state index contributed by atoms with van der Waals surface area (Å²) < 4.78 is 15.8. The smallest absolute Gasteiger partial charge is 0.307 e. The lowest BCUT2D eigenvalue weighted by atomic mass is 10.1. The molecule has 3 rings (SSSR count). The van der Waals surface area contributed by atoms with E-state index in [1.54, 1.807) is 25.5 Å². The average Bonchev–Trinajstić information content (AvgIpc) is 3.17. The molecule has 0 saturated carbocycles. The third-order valence-electron chi connectivity index (χ3n) is 3.71. The predicted octanol–water partition coefficient (Wildman–Crippen LogP) is 1.89. The number of carbonyl (C=O) groups excluding carboxylic acids is 1. The molecular weight excluding hydrogens is 310 g/mol. The molecule has 1 amide bonds. The summed E-state index contributed by atoms with van der Waals surface area (Å²) in [7, 11) is 1.61. The number of hydrazone groups is 1. The van der Waals surface area contributed by atoms with Gasteiger partial charge in [-0.15, -0.1) is 0 Å². The van der Waals surface area contributed by atoms with Crippen molar-refractivity contribution in [2.24, 2.45) is 5.10 Å². The minimum atomic E-state index is -0.403. The number of anilines is 1. The topological polar surface area (TPSA) is 76.3 Å². The quantitative estimate of drug-likeness (QED) is 0.670. The van der Waals surface area contributed by atoms with E-state index in [0.29, 0.717) is 5.75 Å². The molecule has 0 radical (unpaired) electrons. The lowest BCUT2D eigenvalue weighted by Gasteiger charge is -2.29. The summed E-state index contributed by atoms with van der Waals surface area (Å²) >= 11 is 0. The van der Waals surface area contributed by atoms with Gasteiger partial charge in [0, 0.05) is 30.4 Å². The number of morpholine rings is 1. The minimum Gasteiger partial charge on any atom is -0.496 e. The number of rotatable bonds is 5. The van der Waals surface area contributed by atoms with E-state index in [1.165, 1.54) is 6.26 Å². The van der Waals surface area contributed by atoms with Gasteiger partial charge in [-0.05, 0) is 24.3 Å². The maximum Gasteiger partial charge on any atom is 0.307 e. The summed E-state index contributed by atoms with van der Waals surface area (Å²) in [4.78, 5) is 14.0. The molecule has 1 N–H and O–H groups in total. The van der Waals surface area contributed by atoms with Crippen molar-refractivity contribution in [3.05, 3.63) is 47.9 Å². The van der Waals surface area contributed by atoms with E-state index in [9.17, 15) is 4.79 Å². The summed E-state index contributed by atoms with van der Waals surface area (Å²) in [5.74, 6) is 0.497. The van der Waals surface area contributed by atoms with Gasteiger partial charge in [0.1, 0.15) is 5.75 Å². The van der Waals surface area contributed by atoms with Gasteiger partial charge in [-0.2, -0.15) is 5.10 Å². The van der Waals surface area contributed by atoms with E-state index < -0.39 is 5.91 Å². The van der Waals surface area contributed by atoms with Gasteiger partial charge in [-0.3, -0.25) is 4.79 Å². The molecule has 7 heteroatoms. The fourth-order valence-corrected chi connectivity index (χ4v) is 2.45. The fourth-order valence-electron chi connectivity index (χ4n) is 2.45. The van der Waals surface area contributed by atoms with Crippen LogP contribution in [0.1, 0.15) is 16.1 Å². The van der Waals surface area contributed by atoms with E-state index in [0.717, 1.165) is 37.6 Å². The molecule has 2 heterocycles. The monoisotopic (exact) mass is 329 g/mol. The lowest BCUT2D eigenvalue weighted by molar-refractivity contribution is 0.0927. The maximum absolute atomic E-state index is 11.7. The number of ether oxygens (including phenoxy) is 2. The number of benzene rings is 1. The molecule has 0 bridgehead atoms. The molecule has 0 aliphatic carbocycles. The highest BCUT2D eigenvalue weighted by Crippen LogP contribution is 2.25. The largest absolute Gasteiger partial charge is 0.496 e. The number of furan rings is 1. The normalized spacial score (nSPS) is 14.8. The van der Waals surface area contributed by atoms with Crippen molar-refractivity contribution in [2.45, 2.75) is 0 Å². The number of nitrogens with one attached hydrogen (secondary N) is 1. The van der Waals surface area contributed by atoms with Gasteiger partial charge in [0.2, 0.25) is 0 Å². The second-order valence-corrected chi connectivity index (χ2v) is 5.20. The van der Waals surface area contributed by atoms with Gasteiger partial charge in [0.15, 0.2) is 5.76 Å². The number of nitrogens with zero attached hydrogens (tertiary/aromatic N) is 2. The second-order valence-electron chi connectivity index (χ2n) is 5.20. The molecule has 1 saturated heterocycles.